The lowest BCUT2D eigenvalue weighted by Gasteiger charge is -2.34. The van der Waals surface area contributed by atoms with E-state index in [0.29, 0.717) is 18.9 Å². The summed E-state index contributed by atoms with van der Waals surface area (Å²) in [4.78, 5) is 24.5. The summed E-state index contributed by atoms with van der Waals surface area (Å²) >= 11 is 0. The SMILES string of the molecule is CCCC(CCNC(=O)N(C)C(C)(C)CC)CCC(=O)O. The predicted molar refractivity (Wildman–Crippen MR) is 85.4 cm³/mol. The third kappa shape index (κ3) is 7.93. The third-order valence-electron chi connectivity index (χ3n) is 4.37. The molecule has 0 saturated carbocycles. The van der Waals surface area contributed by atoms with Gasteiger partial charge in [0.15, 0.2) is 0 Å². The van der Waals surface area contributed by atoms with Crippen molar-refractivity contribution in [3.8, 4) is 0 Å². The molecule has 2 amide bonds. The Hall–Kier alpha value is -1.26. The minimum absolute atomic E-state index is 0.0599. The van der Waals surface area contributed by atoms with Gasteiger partial charge >= 0.3 is 12.0 Å². The maximum Gasteiger partial charge on any atom is 0.317 e. The number of rotatable bonds is 10. The Balaban J connectivity index is 4.18. The van der Waals surface area contributed by atoms with E-state index in [4.69, 9.17) is 5.11 Å². The molecule has 0 radical (unpaired) electrons. The Morgan fingerprint density at radius 3 is 2.29 bits per heavy atom. The summed E-state index contributed by atoms with van der Waals surface area (Å²) in [5, 5.41) is 11.7. The summed E-state index contributed by atoms with van der Waals surface area (Å²) in [6.45, 7) is 8.85. The van der Waals surface area contributed by atoms with Gasteiger partial charge in [0, 0.05) is 25.6 Å². The zero-order chi connectivity index (χ0) is 16.5. The van der Waals surface area contributed by atoms with Crippen molar-refractivity contribution in [1.82, 2.24) is 10.2 Å². The van der Waals surface area contributed by atoms with Crippen molar-refractivity contribution >= 4 is 12.0 Å². The number of nitrogens with one attached hydrogen (secondary N) is 1. The summed E-state index contributed by atoms with van der Waals surface area (Å²) in [7, 11) is 1.81. The summed E-state index contributed by atoms with van der Waals surface area (Å²) in [5.74, 6) is -0.375. The normalized spacial score (nSPS) is 12.8. The highest BCUT2D eigenvalue weighted by molar-refractivity contribution is 5.74. The molecule has 0 bridgehead atoms. The average molecular weight is 300 g/mol. The fraction of sp³-hybridized carbons (Fsp3) is 0.875. The smallest absolute Gasteiger partial charge is 0.317 e. The number of carboxylic acids is 1. The third-order valence-corrected chi connectivity index (χ3v) is 4.37. The van der Waals surface area contributed by atoms with E-state index in [-0.39, 0.29) is 18.0 Å². The highest BCUT2D eigenvalue weighted by atomic mass is 16.4. The molecule has 2 N–H and O–H groups in total. The van der Waals surface area contributed by atoms with Gasteiger partial charge in [-0.25, -0.2) is 4.79 Å². The van der Waals surface area contributed by atoms with Gasteiger partial charge in [0.2, 0.25) is 0 Å². The summed E-state index contributed by atoms with van der Waals surface area (Å²) in [5.41, 5.74) is -0.157. The number of nitrogens with zero attached hydrogens (tertiary/aromatic N) is 1. The van der Waals surface area contributed by atoms with E-state index in [0.717, 1.165) is 25.7 Å². The second-order valence-corrected chi connectivity index (χ2v) is 6.33. The predicted octanol–water partition coefficient (Wildman–Crippen LogP) is 3.49. The van der Waals surface area contributed by atoms with Crippen molar-refractivity contribution in [2.75, 3.05) is 13.6 Å². The van der Waals surface area contributed by atoms with Gasteiger partial charge in [-0.2, -0.15) is 0 Å². The van der Waals surface area contributed by atoms with Crippen LogP contribution in [0.3, 0.4) is 0 Å². The summed E-state index contributed by atoms with van der Waals surface area (Å²) < 4.78 is 0. The van der Waals surface area contributed by atoms with Crippen LogP contribution in [0.1, 0.15) is 66.2 Å². The van der Waals surface area contributed by atoms with E-state index < -0.39 is 5.97 Å². The molecular formula is C16H32N2O3. The van der Waals surface area contributed by atoms with Gasteiger partial charge in [-0.1, -0.05) is 26.7 Å². The Morgan fingerprint density at radius 2 is 1.81 bits per heavy atom. The van der Waals surface area contributed by atoms with E-state index in [2.05, 4.69) is 19.2 Å². The molecule has 21 heavy (non-hydrogen) atoms. The maximum atomic E-state index is 12.1. The number of aliphatic carboxylic acids is 1. The fourth-order valence-corrected chi connectivity index (χ4v) is 2.18. The first-order valence-corrected chi connectivity index (χ1v) is 7.98. The molecule has 0 fully saturated rings. The van der Waals surface area contributed by atoms with E-state index in [1.54, 1.807) is 4.90 Å². The second-order valence-electron chi connectivity index (χ2n) is 6.33. The van der Waals surface area contributed by atoms with Crippen LogP contribution in [0.25, 0.3) is 0 Å². The zero-order valence-electron chi connectivity index (χ0n) is 14.2. The largest absolute Gasteiger partial charge is 0.481 e. The lowest BCUT2D eigenvalue weighted by atomic mass is 9.94. The van der Waals surface area contributed by atoms with Gasteiger partial charge in [0.05, 0.1) is 0 Å². The molecule has 0 aliphatic rings. The first-order valence-electron chi connectivity index (χ1n) is 7.98. The number of hydrogen-bond acceptors (Lipinski definition) is 2. The summed E-state index contributed by atoms with van der Waals surface area (Å²) in [6.07, 6.45) is 4.69. The quantitative estimate of drug-likeness (QED) is 0.649. The number of urea groups is 1. The molecule has 0 aliphatic carbocycles. The summed E-state index contributed by atoms with van der Waals surface area (Å²) in [6, 6.07) is -0.0599. The Kier molecular flexibility index (Phi) is 9.06. The Labute approximate surface area is 129 Å². The zero-order valence-corrected chi connectivity index (χ0v) is 14.2. The van der Waals surface area contributed by atoms with Crippen LogP contribution in [0.4, 0.5) is 4.79 Å². The molecule has 0 spiro atoms. The van der Waals surface area contributed by atoms with E-state index in [1.807, 2.05) is 20.9 Å². The lowest BCUT2D eigenvalue weighted by molar-refractivity contribution is -0.137. The first-order chi connectivity index (χ1) is 9.74. The number of hydrogen-bond donors (Lipinski definition) is 2. The van der Waals surface area contributed by atoms with Gasteiger partial charge in [-0.3, -0.25) is 4.79 Å². The minimum atomic E-state index is -0.746. The van der Waals surface area contributed by atoms with Gasteiger partial charge in [-0.15, -0.1) is 0 Å². The molecule has 124 valence electrons. The van der Waals surface area contributed by atoms with Crippen LogP contribution in [0.2, 0.25) is 0 Å². The van der Waals surface area contributed by atoms with Gasteiger partial charge in [-0.05, 0) is 39.0 Å². The highest BCUT2D eigenvalue weighted by Crippen LogP contribution is 2.18. The molecule has 1 unspecified atom stereocenters. The Morgan fingerprint density at radius 1 is 1.19 bits per heavy atom. The lowest BCUT2D eigenvalue weighted by Crippen LogP contribution is -2.49. The maximum absolute atomic E-state index is 12.1. The van der Waals surface area contributed by atoms with Gasteiger partial charge < -0.3 is 15.3 Å². The molecule has 0 aromatic heterocycles. The minimum Gasteiger partial charge on any atom is -0.481 e. The van der Waals surface area contributed by atoms with Crippen molar-refractivity contribution in [2.45, 2.75) is 71.8 Å². The van der Waals surface area contributed by atoms with E-state index >= 15 is 0 Å². The number of amides is 2. The van der Waals surface area contributed by atoms with Crippen LogP contribution in [0.15, 0.2) is 0 Å². The molecule has 5 nitrogen and oxygen atoms in total. The van der Waals surface area contributed by atoms with Crippen LogP contribution < -0.4 is 5.32 Å². The molecule has 1 atom stereocenters. The highest BCUT2D eigenvalue weighted by Gasteiger charge is 2.25. The molecule has 0 rings (SSSR count). The second kappa shape index (κ2) is 9.64. The molecule has 0 aromatic rings. The Bertz CT molecular complexity index is 329. The van der Waals surface area contributed by atoms with Crippen LogP contribution in [-0.2, 0) is 4.79 Å². The van der Waals surface area contributed by atoms with Crippen molar-refractivity contribution < 1.29 is 14.7 Å². The van der Waals surface area contributed by atoms with Gasteiger partial charge in [0.1, 0.15) is 0 Å². The molecule has 0 heterocycles. The fourth-order valence-electron chi connectivity index (χ4n) is 2.18. The molecule has 5 heteroatoms. The molecule has 0 aliphatic heterocycles. The number of carbonyl (C=O) groups excluding carboxylic acids is 1. The van der Waals surface area contributed by atoms with Crippen LogP contribution in [-0.4, -0.2) is 41.1 Å². The topological polar surface area (TPSA) is 69.6 Å². The van der Waals surface area contributed by atoms with E-state index in [9.17, 15) is 9.59 Å². The monoisotopic (exact) mass is 300 g/mol. The molecule has 0 aromatic carbocycles. The number of carbonyl (C=O) groups is 2. The first kappa shape index (κ1) is 19.7. The van der Waals surface area contributed by atoms with Crippen molar-refractivity contribution in [3.63, 3.8) is 0 Å². The van der Waals surface area contributed by atoms with Gasteiger partial charge in [0.25, 0.3) is 0 Å². The number of carboxylic acid groups (broad SMARTS) is 1. The molecular weight excluding hydrogens is 268 g/mol. The van der Waals surface area contributed by atoms with Crippen molar-refractivity contribution in [3.05, 3.63) is 0 Å². The molecule has 0 saturated heterocycles. The standard InChI is InChI=1S/C16H32N2O3/c1-6-8-13(9-10-14(19)20)11-12-17-15(21)18(5)16(3,4)7-2/h13H,6-12H2,1-5H3,(H,17,21)(H,19,20). The van der Waals surface area contributed by atoms with Crippen LogP contribution >= 0.6 is 0 Å². The van der Waals surface area contributed by atoms with E-state index in [1.165, 1.54) is 0 Å². The average Bonchev–Trinajstić information content (AvgIpc) is 2.43. The van der Waals surface area contributed by atoms with Crippen molar-refractivity contribution in [2.24, 2.45) is 5.92 Å². The van der Waals surface area contributed by atoms with Crippen molar-refractivity contribution in [1.29, 1.82) is 0 Å². The van der Waals surface area contributed by atoms with Crippen LogP contribution in [0.5, 0.6) is 0 Å². The van der Waals surface area contributed by atoms with Crippen LogP contribution in [0, 0.1) is 5.92 Å².